The molecular weight excluding hydrogens is 240 g/mol. The molecule has 19 heavy (non-hydrogen) atoms. The molecule has 1 aromatic carbocycles. The molecule has 0 aliphatic heterocycles. The lowest BCUT2D eigenvalue weighted by Crippen LogP contribution is -2.41. The third-order valence-corrected chi connectivity index (χ3v) is 3.50. The molecule has 1 aromatic rings. The highest BCUT2D eigenvalue weighted by molar-refractivity contribution is 5.74. The Labute approximate surface area is 114 Å². The molecule has 0 fully saturated rings. The number of benzene rings is 1. The topological polar surface area (TPSA) is 61.4 Å². The number of aliphatic hydroxyl groups is 1. The molecule has 2 atom stereocenters. The quantitative estimate of drug-likeness (QED) is 0.777. The van der Waals surface area contributed by atoms with Gasteiger partial charge in [0.05, 0.1) is 12.1 Å². The number of rotatable bonds is 4. The zero-order chi connectivity index (χ0) is 13.8. The fourth-order valence-electron chi connectivity index (χ4n) is 2.41. The summed E-state index contributed by atoms with van der Waals surface area (Å²) in [5.41, 5.74) is 2.14. The van der Waals surface area contributed by atoms with Crippen molar-refractivity contribution in [2.24, 2.45) is 5.92 Å². The highest BCUT2D eigenvalue weighted by Crippen LogP contribution is 2.30. The molecule has 1 aliphatic rings. The van der Waals surface area contributed by atoms with Crippen LogP contribution in [-0.4, -0.2) is 23.8 Å². The maximum Gasteiger partial charge on any atom is 0.315 e. The van der Waals surface area contributed by atoms with E-state index in [-0.39, 0.29) is 12.1 Å². The summed E-state index contributed by atoms with van der Waals surface area (Å²) in [4.78, 5) is 11.8. The molecular formula is C15H22N2O2. The van der Waals surface area contributed by atoms with Gasteiger partial charge < -0.3 is 15.7 Å². The molecule has 104 valence electrons. The zero-order valence-electron chi connectivity index (χ0n) is 11.5. The molecule has 1 aliphatic carbocycles. The van der Waals surface area contributed by atoms with Crippen molar-refractivity contribution in [2.45, 2.75) is 38.8 Å². The monoisotopic (exact) mass is 262 g/mol. The van der Waals surface area contributed by atoms with E-state index in [0.29, 0.717) is 18.9 Å². The van der Waals surface area contributed by atoms with Gasteiger partial charge in [0.25, 0.3) is 0 Å². The number of amides is 2. The number of fused-ring (bicyclic) bond motifs is 1. The van der Waals surface area contributed by atoms with Crippen molar-refractivity contribution < 1.29 is 9.90 Å². The maximum atomic E-state index is 11.8. The van der Waals surface area contributed by atoms with Gasteiger partial charge in [-0.3, -0.25) is 0 Å². The van der Waals surface area contributed by atoms with E-state index < -0.39 is 6.10 Å². The lowest BCUT2D eigenvalue weighted by molar-refractivity contribution is 0.142. The van der Waals surface area contributed by atoms with Crippen molar-refractivity contribution in [1.82, 2.24) is 10.6 Å². The molecule has 4 nitrogen and oxygen atoms in total. The van der Waals surface area contributed by atoms with Gasteiger partial charge >= 0.3 is 6.03 Å². The van der Waals surface area contributed by atoms with Crippen LogP contribution in [0.25, 0.3) is 0 Å². The normalized spacial score (nSPS) is 21.3. The van der Waals surface area contributed by atoms with Crippen LogP contribution in [0.15, 0.2) is 24.3 Å². The van der Waals surface area contributed by atoms with Crippen LogP contribution in [-0.2, 0) is 6.42 Å². The maximum absolute atomic E-state index is 11.8. The van der Waals surface area contributed by atoms with Gasteiger partial charge in [-0.25, -0.2) is 4.79 Å². The van der Waals surface area contributed by atoms with Crippen molar-refractivity contribution >= 4 is 6.03 Å². The number of carbonyl (C=O) groups is 1. The van der Waals surface area contributed by atoms with Crippen molar-refractivity contribution in [3.05, 3.63) is 35.4 Å². The molecule has 2 amide bonds. The van der Waals surface area contributed by atoms with Gasteiger partial charge in [0.15, 0.2) is 0 Å². The lowest BCUT2D eigenvalue weighted by Gasteiger charge is -2.18. The first-order chi connectivity index (χ1) is 9.08. The van der Waals surface area contributed by atoms with Gasteiger partial charge in [-0.15, -0.1) is 0 Å². The van der Waals surface area contributed by atoms with Crippen LogP contribution in [0.4, 0.5) is 4.79 Å². The summed E-state index contributed by atoms with van der Waals surface area (Å²) in [6, 6.07) is 7.34. The Hall–Kier alpha value is -1.55. The van der Waals surface area contributed by atoms with Crippen LogP contribution in [0.5, 0.6) is 0 Å². The molecule has 0 saturated carbocycles. The van der Waals surface area contributed by atoms with E-state index in [1.807, 2.05) is 24.3 Å². The van der Waals surface area contributed by atoms with E-state index in [1.165, 1.54) is 0 Å². The van der Waals surface area contributed by atoms with Gasteiger partial charge in [-0.05, 0) is 23.5 Å². The van der Waals surface area contributed by atoms with E-state index in [2.05, 4.69) is 24.5 Å². The number of aliphatic hydroxyl groups excluding tert-OH is 1. The fourth-order valence-corrected chi connectivity index (χ4v) is 2.41. The van der Waals surface area contributed by atoms with Crippen LogP contribution >= 0.6 is 0 Å². The van der Waals surface area contributed by atoms with Gasteiger partial charge in [-0.2, -0.15) is 0 Å². The molecule has 0 unspecified atom stereocenters. The third kappa shape index (κ3) is 3.47. The summed E-state index contributed by atoms with van der Waals surface area (Å²) in [5.74, 6) is 0.568. The summed E-state index contributed by atoms with van der Waals surface area (Å²) in [6.07, 6.45) is 1.03. The predicted molar refractivity (Wildman–Crippen MR) is 74.9 cm³/mol. The standard InChI is InChI=1S/C15H22N2O2/c1-10(2)7-8-16-15(19)17-14-12-6-4-3-5-11(12)9-13(14)18/h3-6,10,13-14,18H,7-9H2,1-2H3,(H2,16,17,19)/t13-,14+/m0/s1. The Kier molecular flexibility index (Phi) is 4.43. The van der Waals surface area contributed by atoms with Crippen LogP contribution in [0.3, 0.4) is 0 Å². The van der Waals surface area contributed by atoms with Gasteiger partial charge in [0, 0.05) is 13.0 Å². The van der Waals surface area contributed by atoms with Crippen LogP contribution in [0.1, 0.15) is 37.4 Å². The second-order valence-corrected chi connectivity index (χ2v) is 5.53. The average molecular weight is 262 g/mol. The molecule has 0 heterocycles. The lowest BCUT2D eigenvalue weighted by atomic mass is 10.1. The zero-order valence-corrected chi connectivity index (χ0v) is 11.5. The molecule has 0 radical (unpaired) electrons. The van der Waals surface area contributed by atoms with Crippen LogP contribution in [0, 0.1) is 5.92 Å². The van der Waals surface area contributed by atoms with E-state index in [1.54, 1.807) is 0 Å². The fraction of sp³-hybridized carbons (Fsp3) is 0.533. The van der Waals surface area contributed by atoms with Crippen molar-refractivity contribution in [1.29, 1.82) is 0 Å². The molecule has 0 saturated heterocycles. The summed E-state index contributed by atoms with van der Waals surface area (Å²) in [7, 11) is 0. The minimum absolute atomic E-state index is 0.207. The molecule has 0 aromatic heterocycles. The Morgan fingerprint density at radius 3 is 2.89 bits per heavy atom. The molecule has 0 bridgehead atoms. The summed E-state index contributed by atoms with van der Waals surface area (Å²) < 4.78 is 0. The van der Waals surface area contributed by atoms with Crippen molar-refractivity contribution in [3.63, 3.8) is 0 Å². The number of urea groups is 1. The highest BCUT2D eigenvalue weighted by Gasteiger charge is 2.31. The largest absolute Gasteiger partial charge is 0.390 e. The van der Waals surface area contributed by atoms with Crippen LogP contribution < -0.4 is 10.6 Å². The van der Waals surface area contributed by atoms with Crippen molar-refractivity contribution in [3.8, 4) is 0 Å². The minimum Gasteiger partial charge on any atom is -0.390 e. The van der Waals surface area contributed by atoms with E-state index >= 15 is 0 Å². The number of hydrogen-bond donors (Lipinski definition) is 3. The SMILES string of the molecule is CC(C)CCNC(=O)N[C@@H]1c2ccccc2C[C@@H]1O. The molecule has 2 rings (SSSR count). The minimum atomic E-state index is -0.534. The van der Waals surface area contributed by atoms with Gasteiger partial charge in [0.1, 0.15) is 0 Å². The van der Waals surface area contributed by atoms with Crippen molar-refractivity contribution in [2.75, 3.05) is 6.54 Å². The average Bonchev–Trinajstić information content (AvgIpc) is 2.66. The highest BCUT2D eigenvalue weighted by atomic mass is 16.3. The predicted octanol–water partition coefficient (Wildman–Crippen LogP) is 1.99. The second-order valence-electron chi connectivity index (χ2n) is 5.53. The number of carbonyl (C=O) groups excluding carboxylic acids is 1. The summed E-state index contributed by atoms with van der Waals surface area (Å²) in [5, 5.41) is 15.7. The Morgan fingerprint density at radius 2 is 2.16 bits per heavy atom. The first-order valence-electron chi connectivity index (χ1n) is 6.88. The molecule has 3 N–H and O–H groups in total. The number of hydrogen-bond acceptors (Lipinski definition) is 2. The van der Waals surface area contributed by atoms with E-state index in [0.717, 1.165) is 17.5 Å². The molecule has 4 heteroatoms. The smallest absolute Gasteiger partial charge is 0.315 e. The molecule has 0 spiro atoms. The third-order valence-electron chi connectivity index (χ3n) is 3.50. The summed E-state index contributed by atoms with van der Waals surface area (Å²) >= 11 is 0. The second kappa shape index (κ2) is 6.06. The first-order valence-corrected chi connectivity index (χ1v) is 6.88. The Morgan fingerprint density at radius 1 is 1.42 bits per heavy atom. The first kappa shape index (κ1) is 13.9. The van der Waals surface area contributed by atoms with Gasteiger partial charge in [-0.1, -0.05) is 38.1 Å². The Bertz CT molecular complexity index is 446. The van der Waals surface area contributed by atoms with Gasteiger partial charge in [0.2, 0.25) is 0 Å². The summed E-state index contributed by atoms with van der Waals surface area (Å²) in [6.45, 7) is 4.90. The van der Waals surface area contributed by atoms with Crippen LogP contribution in [0.2, 0.25) is 0 Å². The van der Waals surface area contributed by atoms with E-state index in [9.17, 15) is 9.90 Å². The number of nitrogens with one attached hydrogen (secondary N) is 2. The van der Waals surface area contributed by atoms with E-state index in [4.69, 9.17) is 0 Å². The Balaban J connectivity index is 1.90.